The summed E-state index contributed by atoms with van der Waals surface area (Å²) in [7, 11) is 4.61. The maximum atomic E-state index is 12.1. The Labute approximate surface area is 158 Å². The van der Waals surface area contributed by atoms with E-state index in [0.717, 1.165) is 5.56 Å². The Bertz CT molecular complexity index is 725. The number of hydrogen-bond donors (Lipinski definition) is 1. The second-order valence-electron chi connectivity index (χ2n) is 5.37. The number of amides is 1. The summed E-state index contributed by atoms with van der Waals surface area (Å²) in [6, 6.07) is 10.6. The highest BCUT2D eigenvalue weighted by molar-refractivity contribution is 6.30. The van der Waals surface area contributed by atoms with Gasteiger partial charge in [0.15, 0.2) is 11.5 Å². The van der Waals surface area contributed by atoms with Crippen molar-refractivity contribution in [3.8, 4) is 23.0 Å². The number of carbonyl (C=O) groups excluding carboxylic acids is 1. The lowest BCUT2D eigenvalue weighted by atomic mass is 10.1. The molecule has 0 aliphatic carbocycles. The first-order chi connectivity index (χ1) is 12.6. The molecular formula is C19H22ClNO5. The molecule has 0 aliphatic rings. The second kappa shape index (κ2) is 9.77. The van der Waals surface area contributed by atoms with Gasteiger partial charge in [0.05, 0.1) is 34.3 Å². The molecule has 0 saturated heterocycles. The lowest BCUT2D eigenvalue weighted by Gasteiger charge is -2.14. The third-order valence-electron chi connectivity index (χ3n) is 3.58. The molecule has 0 aliphatic heterocycles. The molecule has 0 spiro atoms. The topological polar surface area (TPSA) is 66.0 Å². The first-order valence-corrected chi connectivity index (χ1v) is 8.39. The molecule has 0 aromatic heterocycles. The fourth-order valence-corrected chi connectivity index (χ4v) is 2.58. The van der Waals surface area contributed by atoms with Gasteiger partial charge in [0, 0.05) is 5.02 Å². The van der Waals surface area contributed by atoms with Gasteiger partial charge in [0.2, 0.25) is 11.7 Å². The fraction of sp³-hybridized carbons (Fsp3) is 0.316. The summed E-state index contributed by atoms with van der Waals surface area (Å²) in [5.74, 6) is 2.05. The Balaban J connectivity index is 1.87. The van der Waals surface area contributed by atoms with Crippen molar-refractivity contribution in [2.45, 2.75) is 6.42 Å². The van der Waals surface area contributed by atoms with Crippen LogP contribution in [-0.4, -0.2) is 40.4 Å². The number of halogens is 1. The molecule has 1 N–H and O–H groups in total. The number of carbonyl (C=O) groups is 1. The summed E-state index contributed by atoms with van der Waals surface area (Å²) in [5.41, 5.74) is 0.757. The van der Waals surface area contributed by atoms with Crippen molar-refractivity contribution < 1.29 is 23.7 Å². The molecular weight excluding hydrogens is 358 g/mol. The quantitative estimate of drug-likeness (QED) is 0.678. The van der Waals surface area contributed by atoms with E-state index >= 15 is 0 Å². The number of nitrogens with one attached hydrogen (secondary N) is 1. The fourth-order valence-electron chi connectivity index (χ4n) is 2.40. The first-order valence-electron chi connectivity index (χ1n) is 8.01. The lowest BCUT2D eigenvalue weighted by molar-refractivity contribution is -0.120. The van der Waals surface area contributed by atoms with Gasteiger partial charge in [-0.3, -0.25) is 4.79 Å². The van der Waals surface area contributed by atoms with Crippen molar-refractivity contribution in [1.29, 1.82) is 0 Å². The highest BCUT2D eigenvalue weighted by atomic mass is 35.5. The lowest BCUT2D eigenvalue weighted by Crippen LogP contribution is -2.29. The Morgan fingerprint density at radius 2 is 1.73 bits per heavy atom. The van der Waals surface area contributed by atoms with Crippen LogP contribution in [0.1, 0.15) is 5.56 Å². The summed E-state index contributed by atoms with van der Waals surface area (Å²) in [6.45, 7) is 0.733. The summed E-state index contributed by atoms with van der Waals surface area (Å²) in [4.78, 5) is 12.1. The molecule has 0 atom stereocenters. The average Bonchev–Trinajstić information content (AvgIpc) is 2.64. The SMILES string of the molecule is COc1cc(CC(=O)NCCOc2cccc(Cl)c2)cc(OC)c1OC. The number of rotatable bonds is 9. The summed E-state index contributed by atoms with van der Waals surface area (Å²) in [6.07, 6.45) is 0.188. The van der Waals surface area contributed by atoms with Crippen LogP contribution in [0, 0.1) is 0 Å². The standard InChI is InChI=1S/C19H22ClNO5/c1-23-16-9-13(10-17(24-2)19(16)25-3)11-18(22)21-7-8-26-15-6-4-5-14(20)12-15/h4-6,9-10,12H,7-8,11H2,1-3H3,(H,21,22). The smallest absolute Gasteiger partial charge is 0.224 e. The Morgan fingerprint density at radius 1 is 1.04 bits per heavy atom. The van der Waals surface area contributed by atoms with Crippen molar-refractivity contribution in [2.75, 3.05) is 34.5 Å². The Kier molecular flexibility index (Phi) is 7.41. The van der Waals surface area contributed by atoms with Crippen LogP contribution in [0.15, 0.2) is 36.4 Å². The van der Waals surface area contributed by atoms with E-state index in [2.05, 4.69) is 5.32 Å². The van der Waals surface area contributed by atoms with Gasteiger partial charge in [-0.25, -0.2) is 0 Å². The van der Waals surface area contributed by atoms with Crippen molar-refractivity contribution in [3.05, 3.63) is 47.0 Å². The third kappa shape index (κ3) is 5.46. The molecule has 0 bridgehead atoms. The van der Waals surface area contributed by atoms with Gasteiger partial charge in [-0.2, -0.15) is 0 Å². The van der Waals surface area contributed by atoms with Crippen LogP contribution in [0.25, 0.3) is 0 Å². The van der Waals surface area contributed by atoms with E-state index in [-0.39, 0.29) is 12.3 Å². The van der Waals surface area contributed by atoms with Gasteiger partial charge in [-0.05, 0) is 35.9 Å². The highest BCUT2D eigenvalue weighted by Crippen LogP contribution is 2.38. The summed E-state index contributed by atoms with van der Waals surface area (Å²) >= 11 is 5.89. The zero-order valence-electron chi connectivity index (χ0n) is 15.0. The normalized spacial score (nSPS) is 10.2. The van der Waals surface area contributed by atoms with E-state index in [1.165, 1.54) is 21.3 Å². The molecule has 0 radical (unpaired) electrons. The van der Waals surface area contributed by atoms with Gasteiger partial charge >= 0.3 is 0 Å². The first kappa shape index (κ1) is 19.7. The van der Waals surface area contributed by atoms with Crippen LogP contribution in [0.3, 0.4) is 0 Å². The average molecular weight is 380 g/mol. The molecule has 2 rings (SSSR count). The minimum atomic E-state index is -0.131. The molecule has 1 amide bonds. The summed E-state index contributed by atoms with van der Waals surface area (Å²) in [5, 5.41) is 3.42. The predicted octanol–water partition coefficient (Wildman–Crippen LogP) is 3.10. The van der Waals surface area contributed by atoms with Gasteiger partial charge in [0.1, 0.15) is 12.4 Å². The zero-order chi connectivity index (χ0) is 18.9. The molecule has 2 aromatic carbocycles. The van der Waals surface area contributed by atoms with E-state index < -0.39 is 0 Å². The maximum absolute atomic E-state index is 12.1. The van der Waals surface area contributed by atoms with E-state index in [4.69, 9.17) is 30.5 Å². The van der Waals surface area contributed by atoms with Crippen LogP contribution in [0.2, 0.25) is 5.02 Å². The largest absolute Gasteiger partial charge is 0.493 e. The van der Waals surface area contributed by atoms with Crippen LogP contribution in [-0.2, 0) is 11.2 Å². The van der Waals surface area contributed by atoms with Crippen molar-refractivity contribution in [3.63, 3.8) is 0 Å². The number of benzene rings is 2. The molecule has 2 aromatic rings. The highest BCUT2D eigenvalue weighted by Gasteiger charge is 2.14. The van der Waals surface area contributed by atoms with Crippen LogP contribution < -0.4 is 24.3 Å². The second-order valence-corrected chi connectivity index (χ2v) is 5.80. The molecule has 26 heavy (non-hydrogen) atoms. The number of hydrogen-bond acceptors (Lipinski definition) is 5. The van der Waals surface area contributed by atoms with Gasteiger partial charge in [0.25, 0.3) is 0 Å². The van der Waals surface area contributed by atoms with Crippen molar-refractivity contribution >= 4 is 17.5 Å². The molecule has 0 fully saturated rings. The van der Waals surface area contributed by atoms with E-state index in [1.807, 2.05) is 6.07 Å². The predicted molar refractivity (Wildman–Crippen MR) is 99.8 cm³/mol. The number of ether oxygens (including phenoxy) is 4. The molecule has 6 nitrogen and oxygen atoms in total. The van der Waals surface area contributed by atoms with Crippen molar-refractivity contribution in [1.82, 2.24) is 5.32 Å². The Morgan fingerprint density at radius 3 is 2.31 bits per heavy atom. The van der Waals surface area contributed by atoms with Crippen molar-refractivity contribution in [2.24, 2.45) is 0 Å². The zero-order valence-corrected chi connectivity index (χ0v) is 15.8. The van der Waals surface area contributed by atoms with Gasteiger partial charge in [-0.1, -0.05) is 17.7 Å². The summed E-state index contributed by atoms with van der Waals surface area (Å²) < 4.78 is 21.4. The van der Waals surface area contributed by atoms with Gasteiger partial charge < -0.3 is 24.3 Å². The Hall–Kier alpha value is -2.60. The maximum Gasteiger partial charge on any atom is 0.224 e. The molecule has 0 unspecified atom stereocenters. The monoisotopic (exact) mass is 379 g/mol. The van der Waals surface area contributed by atoms with Crippen LogP contribution >= 0.6 is 11.6 Å². The van der Waals surface area contributed by atoms with Crippen LogP contribution in [0.4, 0.5) is 0 Å². The minimum Gasteiger partial charge on any atom is -0.493 e. The minimum absolute atomic E-state index is 0.131. The van der Waals surface area contributed by atoms with E-state index in [0.29, 0.717) is 41.2 Å². The van der Waals surface area contributed by atoms with Gasteiger partial charge in [-0.15, -0.1) is 0 Å². The van der Waals surface area contributed by atoms with Crippen LogP contribution in [0.5, 0.6) is 23.0 Å². The molecule has 7 heteroatoms. The molecule has 0 heterocycles. The van der Waals surface area contributed by atoms with E-state index in [9.17, 15) is 4.79 Å². The molecule has 0 saturated carbocycles. The number of methoxy groups -OCH3 is 3. The molecule has 140 valence electrons. The van der Waals surface area contributed by atoms with E-state index in [1.54, 1.807) is 30.3 Å². The third-order valence-corrected chi connectivity index (χ3v) is 3.81.